The van der Waals surface area contributed by atoms with Gasteiger partial charge in [0.2, 0.25) is 5.91 Å². The van der Waals surface area contributed by atoms with Crippen LogP contribution in [0.2, 0.25) is 0 Å². The predicted molar refractivity (Wildman–Crippen MR) is 86.9 cm³/mol. The Morgan fingerprint density at radius 1 is 1.15 bits per heavy atom. The summed E-state index contributed by atoms with van der Waals surface area (Å²) in [5, 5.41) is 9.97. The zero-order valence-electron chi connectivity index (χ0n) is 13.4. The molecule has 0 unspecified atom stereocenters. The van der Waals surface area contributed by atoms with Crippen molar-refractivity contribution < 1.29 is 26.7 Å². The predicted octanol–water partition coefficient (Wildman–Crippen LogP) is 3.43. The van der Waals surface area contributed by atoms with Crippen LogP contribution in [-0.4, -0.2) is 26.3 Å². The number of rotatable bonds is 5. The number of carbonyl (C=O) groups excluding carboxylic acids is 1. The summed E-state index contributed by atoms with van der Waals surface area (Å²) in [6.45, 7) is -0.159. The van der Waals surface area contributed by atoms with Crippen LogP contribution in [0.25, 0.3) is 5.65 Å². The quantitative estimate of drug-likeness (QED) is 0.525. The highest BCUT2D eigenvalue weighted by Crippen LogP contribution is 2.29. The lowest BCUT2D eigenvalue weighted by molar-refractivity contribution is -0.137. The molecule has 3 aromatic rings. The first-order chi connectivity index (χ1) is 12.7. The number of nitrogens with zero attached hydrogens (tertiary/aromatic N) is 3. The van der Waals surface area contributed by atoms with Crippen LogP contribution < -0.4 is 5.32 Å². The summed E-state index contributed by atoms with van der Waals surface area (Å²) in [5.74, 6) is -2.04. The molecule has 142 valence electrons. The molecule has 0 aliphatic rings. The van der Waals surface area contributed by atoms with Gasteiger partial charge in [-0.25, -0.2) is 8.78 Å². The average Bonchev–Trinajstić information content (AvgIpc) is 3.00. The maximum absolute atomic E-state index is 13.5. The van der Waals surface area contributed by atoms with E-state index in [0.717, 1.165) is 34.5 Å². The Hall–Kier alpha value is -2.69. The number of alkyl halides is 3. The standard InChI is InChI=1S/C16H11F5N4OS/c17-10-2-3-12(11(18)5-10)27-8-15(26)22-6-14-24-23-13-4-1-9(7-25(13)14)16(19,20)21/h1-5,7H,6,8H2,(H,22,26). The van der Waals surface area contributed by atoms with E-state index >= 15 is 0 Å². The number of benzene rings is 1. The molecule has 0 saturated heterocycles. The van der Waals surface area contributed by atoms with Gasteiger partial charge in [0.25, 0.3) is 0 Å². The van der Waals surface area contributed by atoms with Crippen LogP contribution in [0, 0.1) is 11.6 Å². The fourth-order valence-corrected chi connectivity index (χ4v) is 2.94. The molecule has 0 atom stereocenters. The van der Waals surface area contributed by atoms with Crippen molar-refractivity contribution in [1.29, 1.82) is 0 Å². The topological polar surface area (TPSA) is 59.3 Å². The van der Waals surface area contributed by atoms with Crippen molar-refractivity contribution in [2.24, 2.45) is 0 Å². The van der Waals surface area contributed by atoms with Gasteiger partial charge in [0.1, 0.15) is 11.6 Å². The van der Waals surface area contributed by atoms with Gasteiger partial charge in [-0.1, -0.05) is 0 Å². The van der Waals surface area contributed by atoms with Crippen molar-refractivity contribution in [2.75, 3.05) is 5.75 Å². The third-order valence-electron chi connectivity index (χ3n) is 3.50. The van der Waals surface area contributed by atoms with Crippen LogP contribution in [0.3, 0.4) is 0 Å². The SMILES string of the molecule is O=C(CSc1ccc(F)cc1F)NCc1nnc2ccc(C(F)(F)F)cn12. The van der Waals surface area contributed by atoms with Gasteiger partial charge in [-0.05, 0) is 24.3 Å². The monoisotopic (exact) mass is 402 g/mol. The summed E-state index contributed by atoms with van der Waals surface area (Å²) >= 11 is 0.865. The fraction of sp³-hybridized carbons (Fsp3) is 0.188. The minimum Gasteiger partial charge on any atom is -0.348 e. The molecule has 2 heterocycles. The molecule has 0 radical (unpaired) electrons. The maximum Gasteiger partial charge on any atom is 0.417 e. The molecule has 11 heteroatoms. The molecule has 1 aromatic carbocycles. The van der Waals surface area contributed by atoms with E-state index in [2.05, 4.69) is 15.5 Å². The molecular formula is C16H11F5N4OS. The number of hydrogen-bond acceptors (Lipinski definition) is 4. The normalized spacial score (nSPS) is 11.7. The number of nitrogens with one attached hydrogen (secondary N) is 1. The average molecular weight is 402 g/mol. The lowest BCUT2D eigenvalue weighted by Gasteiger charge is -2.08. The highest BCUT2D eigenvalue weighted by Gasteiger charge is 2.31. The summed E-state index contributed by atoms with van der Waals surface area (Å²) in [5.41, 5.74) is -0.667. The van der Waals surface area contributed by atoms with Crippen LogP contribution in [0.1, 0.15) is 11.4 Å². The molecule has 5 nitrogen and oxygen atoms in total. The van der Waals surface area contributed by atoms with Gasteiger partial charge in [-0.15, -0.1) is 22.0 Å². The molecule has 0 fully saturated rings. The number of fused-ring (bicyclic) bond motifs is 1. The summed E-state index contributed by atoms with van der Waals surface area (Å²) in [6, 6.07) is 5.06. The second-order valence-corrected chi connectivity index (χ2v) is 6.42. The van der Waals surface area contributed by atoms with Crippen molar-refractivity contribution in [3.63, 3.8) is 0 Å². The summed E-state index contributed by atoms with van der Waals surface area (Å²) < 4.78 is 65.9. The maximum atomic E-state index is 13.5. The second kappa shape index (κ2) is 7.51. The first-order valence-corrected chi connectivity index (χ1v) is 8.48. The molecule has 3 rings (SSSR count). The Kier molecular flexibility index (Phi) is 5.31. The van der Waals surface area contributed by atoms with E-state index in [0.29, 0.717) is 6.07 Å². The van der Waals surface area contributed by atoms with E-state index in [1.807, 2.05) is 0 Å². The summed E-state index contributed by atoms with van der Waals surface area (Å²) in [6.07, 6.45) is -3.67. The van der Waals surface area contributed by atoms with Crippen molar-refractivity contribution >= 4 is 23.3 Å². The zero-order valence-corrected chi connectivity index (χ0v) is 14.2. The van der Waals surface area contributed by atoms with Gasteiger partial charge in [-0.3, -0.25) is 9.20 Å². The van der Waals surface area contributed by atoms with Gasteiger partial charge in [-0.2, -0.15) is 13.2 Å². The van der Waals surface area contributed by atoms with Crippen LogP contribution in [0.15, 0.2) is 41.4 Å². The molecule has 0 aliphatic carbocycles. The lowest BCUT2D eigenvalue weighted by atomic mass is 10.3. The van der Waals surface area contributed by atoms with Crippen LogP contribution in [0.5, 0.6) is 0 Å². The molecule has 0 saturated carbocycles. The smallest absolute Gasteiger partial charge is 0.348 e. The second-order valence-electron chi connectivity index (χ2n) is 5.40. The molecule has 0 aliphatic heterocycles. The number of thioether (sulfide) groups is 1. The molecule has 2 aromatic heterocycles. The molecule has 0 bridgehead atoms. The van der Waals surface area contributed by atoms with Crippen molar-refractivity contribution in [2.45, 2.75) is 17.6 Å². The molecule has 1 amide bonds. The van der Waals surface area contributed by atoms with Crippen LogP contribution in [0.4, 0.5) is 22.0 Å². The van der Waals surface area contributed by atoms with Crippen molar-refractivity contribution in [3.8, 4) is 0 Å². The Morgan fingerprint density at radius 2 is 1.93 bits per heavy atom. The first kappa shape index (κ1) is 19.1. The number of aromatic nitrogens is 3. The highest BCUT2D eigenvalue weighted by atomic mass is 32.2. The van der Waals surface area contributed by atoms with Gasteiger partial charge < -0.3 is 5.32 Å². The highest BCUT2D eigenvalue weighted by molar-refractivity contribution is 8.00. The van der Waals surface area contributed by atoms with E-state index in [1.54, 1.807) is 0 Å². The third-order valence-corrected chi connectivity index (χ3v) is 4.55. The van der Waals surface area contributed by atoms with E-state index in [-0.39, 0.29) is 28.7 Å². The fourth-order valence-electron chi connectivity index (χ4n) is 2.19. The van der Waals surface area contributed by atoms with Gasteiger partial charge in [0.05, 0.1) is 17.9 Å². The Labute approximate surface area is 153 Å². The van der Waals surface area contributed by atoms with Crippen LogP contribution in [-0.2, 0) is 17.5 Å². The van der Waals surface area contributed by atoms with Gasteiger partial charge >= 0.3 is 6.18 Å². The number of hydrogen-bond donors (Lipinski definition) is 1. The van der Waals surface area contributed by atoms with E-state index in [9.17, 15) is 26.7 Å². The Bertz CT molecular complexity index is 989. The lowest BCUT2D eigenvalue weighted by Crippen LogP contribution is -2.25. The van der Waals surface area contributed by atoms with Crippen molar-refractivity contribution in [3.05, 3.63) is 59.6 Å². The molecule has 0 spiro atoms. The summed E-state index contributed by atoms with van der Waals surface area (Å²) in [7, 11) is 0. The molecular weight excluding hydrogens is 391 g/mol. The number of pyridine rings is 1. The molecule has 27 heavy (non-hydrogen) atoms. The minimum atomic E-state index is -4.52. The van der Waals surface area contributed by atoms with Gasteiger partial charge in [0.15, 0.2) is 11.5 Å². The first-order valence-electron chi connectivity index (χ1n) is 7.49. The minimum absolute atomic E-state index is 0.106. The Balaban J connectivity index is 1.63. The molecule has 1 N–H and O–H groups in total. The van der Waals surface area contributed by atoms with E-state index in [1.165, 1.54) is 12.1 Å². The summed E-state index contributed by atoms with van der Waals surface area (Å²) in [4.78, 5) is 12.0. The number of amides is 1. The largest absolute Gasteiger partial charge is 0.417 e. The Morgan fingerprint density at radius 3 is 2.63 bits per heavy atom. The number of carbonyl (C=O) groups is 1. The van der Waals surface area contributed by atoms with Crippen molar-refractivity contribution in [1.82, 2.24) is 19.9 Å². The number of halogens is 5. The zero-order chi connectivity index (χ0) is 19.6. The van der Waals surface area contributed by atoms with Crippen LogP contribution >= 0.6 is 11.8 Å². The van der Waals surface area contributed by atoms with Gasteiger partial charge in [0, 0.05) is 17.2 Å². The van der Waals surface area contributed by atoms with E-state index in [4.69, 9.17) is 0 Å². The third kappa shape index (κ3) is 4.54. The van der Waals surface area contributed by atoms with E-state index < -0.39 is 29.3 Å².